The van der Waals surface area contributed by atoms with Gasteiger partial charge in [-0.15, -0.1) is 0 Å². The van der Waals surface area contributed by atoms with Gasteiger partial charge in [-0.3, -0.25) is 4.21 Å². The molecule has 2 unspecified atom stereocenters. The maximum atomic E-state index is 13.1. The Bertz CT molecular complexity index is 1100. The Balaban J connectivity index is 1.43. The maximum absolute atomic E-state index is 13.1. The van der Waals surface area contributed by atoms with E-state index in [1.54, 1.807) is 0 Å². The molecule has 190 valence electrons. The molecule has 2 heterocycles. The molecule has 5 rings (SSSR count). The van der Waals surface area contributed by atoms with E-state index in [4.69, 9.17) is 23.7 Å². The highest BCUT2D eigenvalue weighted by atomic mass is 32.2. The van der Waals surface area contributed by atoms with Crippen LogP contribution in [0.3, 0.4) is 0 Å². The van der Waals surface area contributed by atoms with E-state index in [0.717, 1.165) is 16.7 Å². The third kappa shape index (κ3) is 5.94. The van der Waals surface area contributed by atoms with Gasteiger partial charge in [0.1, 0.15) is 24.4 Å². The molecule has 6 nitrogen and oxygen atoms in total. The summed E-state index contributed by atoms with van der Waals surface area (Å²) in [4.78, 5) is 0. The zero-order valence-corrected chi connectivity index (χ0v) is 21.1. The molecule has 7 atom stereocenters. The fraction of sp³-hybridized carbons (Fsp3) is 0.379. The quantitative estimate of drug-likeness (QED) is 0.415. The van der Waals surface area contributed by atoms with Gasteiger partial charge in [0.2, 0.25) is 0 Å². The van der Waals surface area contributed by atoms with Crippen LogP contribution in [0, 0.1) is 0 Å². The van der Waals surface area contributed by atoms with Gasteiger partial charge in [-0.1, -0.05) is 97.9 Å². The summed E-state index contributed by atoms with van der Waals surface area (Å²) in [7, 11) is -1.27. The zero-order valence-electron chi connectivity index (χ0n) is 20.3. The standard InChI is InChI=1S/C29H32O6S/c1-2-36(30)29-27(32-19-22-14-8-4-9-15-22)26(31-18-21-12-6-3-7-13-21)25-24(34-29)20-33-28(35-25)23-16-10-5-11-17-23/h3-17,24-29H,2,18-20H2,1H3/t24-,25-,26+,27+,28-,29?,36?/m1/s1. The van der Waals surface area contributed by atoms with Gasteiger partial charge in [0.05, 0.1) is 30.6 Å². The monoisotopic (exact) mass is 508 g/mol. The predicted octanol–water partition coefficient (Wildman–Crippen LogP) is 4.76. The van der Waals surface area contributed by atoms with Gasteiger partial charge in [0.25, 0.3) is 0 Å². The Morgan fingerprint density at radius 3 is 1.92 bits per heavy atom. The number of hydrogen-bond donors (Lipinski definition) is 0. The summed E-state index contributed by atoms with van der Waals surface area (Å²) in [5.41, 5.74) is 2.35. The lowest BCUT2D eigenvalue weighted by molar-refractivity contribution is -0.330. The average molecular weight is 509 g/mol. The Hall–Kier alpha value is -2.39. The Kier molecular flexibility index (Phi) is 8.59. The van der Waals surface area contributed by atoms with Crippen molar-refractivity contribution in [2.75, 3.05) is 12.4 Å². The summed E-state index contributed by atoms with van der Waals surface area (Å²) in [6.07, 6.45) is -2.48. The number of ether oxygens (including phenoxy) is 5. The lowest BCUT2D eigenvalue weighted by Crippen LogP contribution is -2.64. The van der Waals surface area contributed by atoms with Gasteiger partial charge in [-0.05, 0) is 11.1 Å². The topological polar surface area (TPSA) is 63.2 Å². The lowest BCUT2D eigenvalue weighted by atomic mass is 9.98. The molecule has 0 spiro atoms. The molecule has 0 saturated carbocycles. The maximum Gasteiger partial charge on any atom is 0.184 e. The number of benzene rings is 3. The van der Waals surface area contributed by atoms with E-state index in [-0.39, 0.29) is 0 Å². The predicted molar refractivity (Wildman–Crippen MR) is 137 cm³/mol. The van der Waals surface area contributed by atoms with Crippen LogP contribution < -0.4 is 0 Å². The van der Waals surface area contributed by atoms with Crippen LogP contribution in [0.5, 0.6) is 0 Å². The van der Waals surface area contributed by atoms with Crippen molar-refractivity contribution in [3.8, 4) is 0 Å². The van der Waals surface area contributed by atoms with Crippen LogP contribution in [0.15, 0.2) is 91.0 Å². The van der Waals surface area contributed by atoms with E-state index in [2.05, 4.69) is 0 Å². The zero-order chi connectivity index (χ0) is 24.7. The second kappa shape index (κ2) is 12.2. The summed E-state index contributed by atoms with van der Waals surface area (Å²) in [6, 6.07) is 29.8. The highest BCUT2D eigenvalue weighted by Crippen LogP contribution is 2.37. The van der Waals surface area contributed by atoms with Crippen molar-refractivity contribution in [1.29, 1.82) is 0 Å². The lowest BCUT2D eigenvalue weighted by Gasteiger charge is -2.49. The van der Waals surface area contributed by atoms with E-state index in [1.165, 1.54) is 0 Å². The van der Waals surface area contributed by atoms with Crippen LogP contribution in [-0.4, -0.2) is 46.4 Å². The first-order valence-electron chi connectivity index (χ1n) is 12.4. The first kappa shape index (κ1) is 25.3. The molecule has 3 aromatic rings. The molecule has 2 fully saturated rings. The fourth-order valence-corrected chi connectivity index (χ4v) is 5.73. The average Bonchev–Trinajstić information content (AvgIpc) is 2.95. The van der Waals surface area contributed by atoms with E-state index in [9.17, 15) is 4.21 Å². The van der Waals surface area contributed by atoms with E-state index in [1.807, 2.05) is 97.9 Å². The smallest absolute Gasteiger partial charge is 0.184 e. The second-order valence-electron chi connectivity index (χ2n) is 8.91. The molecular weight excluding hydrogens is 476 g/mol. The molecule has 2 saturated heterocycles. The summed E-state index contributed by atoms with van der Waals surface area (Å²) in [5.74, 6) is 0.451. The van der Waals surface area contributed by atoms with Crippen molar-refractivity contribution in [2.45, 2.75) is 56.3 Å². The third-order valence-electron chi connectivity index (χ3n) is 6.47. The molecule has 2 aliphatic heterocycles. The van der Waals surface area contributed by atoms with Crippen LogP contribution in [-0.2, 0) is 47.7 Å². The first-order valence-corrected chi connectivity index (χ1v) is 13.8. The van der Waals surface area contributed by atoms with Crippen LogP contribution in [0.4, 0.5) is 0 Å². The van der Waals surface area contributed by atoms with E-state index >= 15 is 0 Å². The van der Waals surface area contributed by atoms with Gasteiger partial charge in [0, 0.05) is 11.3 Å². The first-order chi connectivity index (χ1) is 17.7. The van der Waals surface area contributed by atoms with Gasteiger partial charge < -0.3 is 23.7 Å². The highest BCUT2D eigenvalue weighted by molar-refractivity contribution is 7.85. The van der Waals surface area contributed by atoms with Gasteiger partial charge in [-0.2, -0.15) is 0 Å². The largest absolute Gasteiger partial charge is 0.368 e. The van der Waals surface area contributed by atoms with Crippen LogP contribution in [0.2, 0.25) is 0 Å². The third-order valence-corrected chi connectivity index (χ3v) is 7.94. The molecular formula is C29H32O6S. The minimum atomic E-state index is -1.27. The minimum Gasteiger partial charge on any atom is -0.368 e. The molecule has 0 amide bonds. The Labute approximate surface area is 214 Å². The normalized spacial score (nSPS) is 28.8. The summed E-state index contributed by atoms with van der Waals surface area (Å²) in [6.45, 7) is 2.94. The van der Waals surface area contributed by atoms with E-state index in [0.29, 0.717) is 25.6 Å². The van der Waals surface area contributed by atoms with Crippen LogP contribution >= 0.6 is 0 Å². The van der Waals surface area contributed by atoms with Crippen molar-refractivity contribution in [3.05, 3.63) is 108 Å². The van der Waals surface area contributed by atoms with Gasteiger partial charge in [-0.25, -0.2) is 0 Å². The summed E-state index contributed by atoms with van der Waals surface area (Å²) in [5, 5.41) is 0. The molecule has 0 radical (unpaired) electrons. The fourth-order valence-electron chi connectivity index (χ4n) is 4.60. The van der Waals surface area contributed by atoms with Crippen LogP contribution in [0.25, 0.3) is 0 Å². The molecule has 36 heavy (non-hydrogen) atoms. The molecule has 0 N–H and O–H groups in total. The Morgan fingerprint density at radius 1 is 0.778 bits per heavy atom. The van der Waals surface area contributed by atoms with Gasteiger partial charge >= 0.3 is 0 Å². The SMILES string of the molecule is CCS(=O)C1O[C@@H]2CO[C@@H](c3ccccc3)O[C@H]2[C@H](OCc2ccccc2)[C@@H]1OCc1ccccc1. The van der Waals surface area contributed by atoms with Crippen LogP contribution in [0.1, 0.15) is 29.9 Å². The summed E-state index contributed by atoms with van der Waals surface area (Å²) < 4.78 is 45.0. The molecule has 0 bridgehead atoms. The van der Waals surface area contributed by atoms with Gasteiger partial charge in [0.15, 0.2) is 11.7 Å². The minimum absolute atomic E-state index is 0.318. The molecule has 0 aliphatic carbocycles. The molecule has 3 aromatic carbocycles. The van der Waals surface area contributed by atoms with Crippen molar-refractivity contribution in [3.63, 3.8) is 0 Å². The van der Waals surface area contributed by atoms with Crippen molar-refractivity contribution < 1.29 is 27.9 Å². The number of rotatable bonds is 9. The van der Waals surface area contributed by atoms with Crippen molar-refractivity contribution >= 4 is 10.8 Å². The van der Waals surface area contributed by atoms with Crippen molar-refractivity contribution in [2.24, 2.45) is 0 Å². The Morgan fingerprint density at radius 2 is 1.33 bits per heavy atom. The highest BCUT2D eigenvalue weighted by Gasteiger charge is 2.52. The number of fused-ring (bicyclic) bond motifs is 1. The second-order valence-corrected chi connectivity index (χ2v) is 10.7. The van der Waals surface area contributed by atoms with E-state index < -0.39 is 46.9 Å². The molecule has 0 aromatic heterocycles. The molecule has 2 aliphatic rings. The molecule has 7 heteroatoms. The number of hydrogen-bond acceptors (Lipinski definition) is 6. The summed E-state index contributed by atoms with van der Waals surface area (Å²) >= 11 is 0. The van der Waals surface area contributed by atoms with Crippen molar-refractivity contribution in [1.82, 2.24) is 0 Å².